The lowest BCUT2D eigenvalue weighted by Gasteiger charge is -2.12. The maximum atomic E-state index is 13.0. The Balaban J connectivity index is 1.86. The quantitative estimate of drug-likeness (QED) is 0.587. The van der Waals surface area contributed by atoms with Crippen molar-refractivity contribution < 1.29 is 9.47 Å². The molecule has 1 aromatic heterocycles. The average Bonchev–Trinajstić information content (AvgIpc) is 3.08. The molecule has 0 atom stereocenters. The highest BCUT2D eigenvalue weighted by molar-refractivity contribution is 9.10. The molecule has 0 bridgehead atoms. The number of aryl methyl sites for hydroxylation is 1. The van der Waals surface area contributed by atoms with E-state index in [2.05, 4.69) is 26.0 Å². The van der Waals surface area contributed by atoms with Crippen LogP contribution in [0.1, 0.15) is 36.7 Å². The molecule has 27 heavy (non-hydrogen) atoms. The molecule has 1 aliphatic rings. The minimum Gasteiger partial charge on any atom is -0.454 e. The molecule has 2 heterocycles. The first kappa shape index (κ1) is 17.7. The van der Waals surface area contributed by atoms with Crippen LogP contribution in [0.4, 0.5) is 0 Å². The number of hydrogen-bond donors (Lipinski definition) is 0. The van der Waals surface area contributed by atoms with Crippen LogP contribution in [0.2, 0.25) is 0 Å². The average molecular weight is 428 g/mol. The van der Waals surface area contributed by atoms with Crippen molar-refractivity contribution >= 4 is 33.0 Å². The molecule has 0 fully saturated rings. The van der Waals surface area contributed by atoms with Crippen LogP contribution in [0, 0.1) is 6.92 Å². The number of rotatable bonds is 3. The molecule has 0 unspecified atom stereocenters. The van der Waals surface area contributed by atoms with E-state index in [-0.39, 0.29) is 18.3 Å². The second kappa shape index (κ2) is 6.81. The van der Waals surface area contributed by atoms with E-state index in [1.165, 1.54) is 4.68 Å². The summed E-state index contributed by atoms with van der Waals surface area (Å²) in [5, 5.41) is 4.99. The number of hydrogen-bond acceptors (Lipinski definition) is 5. The van der Waals surface area contributed by atoms with Crippen LogP contribution in [0.5, 0.6) is 11.5 Å². The van der Waals surface area contributed by atoms with Gasteiger partial charge in [0, 0.05) is 16.0 Å². The Bertz CT molecular complexity index is 1140. The summed E-state index contributed by atoms with van der Waals surface area (Å²) in [5.41, 5.74) is 2.31. The Hall–Kier alpha value is -2.67. The highest BCUT2D eigenvalue weighted by atomic mass is 79.9. The smallest absolute Gasteiger partial charge is 0.282 e. The topological polar surface area (TPSA) is 65.7 Å². The van der Waals surface area contributed by atoms with Gasteiger partial charge in [0.05, 0.1) is 17.1 Å². The predicted octanol–water partition coefficient (Wildman–Crippen LogP) is 4.20. The van der Waals surface area contributed by atoms with Crippen LogP contribution in [0.15, 0.2) is 44.7 Å². The van der Waals surface area contributed by atoms with Crippen molar-refractivity contribution in [3.8, 4) is 11.5 Å². The van der Waals surface area contributed by atoms with Gasteiger partial charge in [-0.25, -0.2) is 4.98 Å². The van der Waals surface area contributed by atoms with Gasteiger partial charge in [0.15, 0.2) is 11.5 Å². The van der Waals surface area contributed by atoms with Crippen molar-refractivity contribution in [2.75, 3.05) is 6.79 Å². The van der Waals surface area contributed by atoms with Gasteiger partial charge in [-0.15, -0.1) is 0 Å². The Kier molecular flexibility index (Phi) is 4.47. The molecule has 138 valence electrons. The van der Waals surface area contributed by atoms with Gasteiger partial charge in [-0.05, 0) is 42.8 Å². The van der Waals surface area contributed by atoms with E-state index < -0.39 is 0 Å². The van der Waals surface area contributed by atoms with Crippen molar-refractivity contribution in [3.63, 3.8) is 0 Å². The summed E-state index contributed by atoms with van der Waals surface area (Å²) in [6.45, 7) is 6.16. The zero-order valence-corrected chi connectivity index (χ0v) is 16.8. The summed E-state index contributed by atoms with van der Waals surface area (Å²) in [6.07, 6.45) is 1.66. The van der Waals surface area contributed by atoms with E-state index in [1.807, 2.05) is 45.0 Å². The van der Waals surface area contributed by atoms with Gasteiger partial charge in [0.2, 0.25) is 6.79 Å². The molecule has 7 heteroatoms. The molecule has 6 nitrogen and oxygen atoms in total. The Morgan fingerprint density at radius 3 is 2.70 bits per heavy atom. The Labute approximate surface area is 164 Å². The van der Waals surface area contributed by atoms with Crippen molar-refractivity contribution in [1.29, 1.82) is 0 Å². The first-order valence-electron chi connectivity index (χ1n) is 8.61. The Morgan fingerprint density at radius 2 is 1.96 bits per heavy atom. The molecule has 1 aliphatic heterocycles. The summed E-state index contributed by atoms with van der Waals surface area (Å²) in [5.74, 6) is 2.06. The number of aromatic nitrogens is 2. The van der Waals surface area contributed by atoms with Crippen LogP contribution in [-0.2, 0) is 0 Å². The lowest BCUT2D eigenvalue weighted by Crippen LogP contribution is -2.23. The van der Waals surface area contributed by atoms with Crippen LogP contribution < -0.4 is 15.0 Å². The van der Waals surface area contributed by atoms with Gasteiger partial charge in [-0.2, -0.15) is 9.78 Å². The maximum Gasteiger partial charge on any atom is 0.282 e. The molecule has 0 saturated carbocycles. The first-order chi connectivity index (χ1) is 12.9. The second-order valence-corrected chi connectivity index (χ2v) is 7.63. The number of ether oxygens (including phenoxy) is 2. The van der Waals surface area contributed by atoms with Crippen molar-refractivity contribution in [1.82, 2.24) is 9.66 Å². The minimum atomic E-state index is -0.195. The summed E-state index contributed by atoms with van der Waals surface area (Å²) < 4.78 is 13.0. The van der Waals surface area contributed by atoms with E-state index in [0.717, 1.165) is 21.3 Å². The zero-order chi connectivity index (χ0) is 19.1. The zero-order valence-electron chi connectivity index (χ0n) is 15.2. The highest BCUT2D eigenvalue weighted by Gasteiger charge is 2.16. The standard InChI is InChI=1S/C20H18BrN3O3/c1-11(2)19-23-16-5-4-14(21)8-15(16)20(25)24(19)22-9-13-7-18-17(6-12(13)3)26-10-27-18/h4-9,11H,10H2,1-3H3. The first-order valence-corrected chi connectivity index (χ1v) is 9.40. The van der Waals surface area contributed by atoms with Crippen LogP contribution >= 0.6 is 15.9 Å². The lowest BCUT2D eigenvalue weighted by molar-refractivity contribution is 0.174. The van der Waals surface area contributed by atoms with E-state index in [0.29, 0.717) is 22.5 Å². The van der Waals surface area contributed by atoms with Gasteiger partial charge in [0.25, 0.3) is 5.56 Å². The van der Waals surface area contributed by atoms with Gasteiger partial charge < -0.3 is 9.47 Å². The molecule has 4 rings (SSSR count). The van der Waals surface area contributed by atoms with Gasteiger partial charge >= 0.3 is 0 Å². The number of benzene rings is 2. The summed E-state index contributed by atoms with van der Waals surface area (Å²) in [6, 6.07) is 9.26. The van der Waals surface area contributed by atoms with Crippen LogP contribution in [0.25, 0.3) is 10.9 Å². The third kappa shape index (κ3) is 3.23. The number of halogens is 1. The summed E-state index contributed by atoms with van der Waals surface area (Å²) in [4.78, 5) is 17.7. The number of fused-ring (bicyclic) bond motifs is 2. The lowest BCUT2D eigenvalue weighted by atomic mass is 10.1. The van der Waals surface area contributed by atoms with Crippen molar-refractivity contribution in [2.24, 2.45) is 5.10 Å². The SMILES string of the molecule is Cc1cc2c(cc1C=Nn1c(C(C)C)nc3ccc(Br)cc3c1=O)OCO2. The summed E-state index contributed by atoms with van der Waals surface area (Å²) >= 11 is 3.41. The molecule has 2 aromatic carbocycles. The van der Waals surface area contributed by atoms with E-state index in [9.17, 15) is 4.79 Å². The second-order valence-electron chi connectivity index (χ2n) is 6.71. The van der Waals surface area contributed by atoms with Crippen molar-refractivity contribution in [3.05, 3.63) is 62.1 Å². The molecular weight excluding hydrogens is 410 g/mol. The fraction of sp³-hybridized carbons (Fsp3) is 0.250. The molecule has 0 radical (unpaired) electrons. The largest absolute Gasteiger partial charge is 0.454 e. The molecule has 3 aromatic rings. The molecule has 0 N–H and O–H groups in total. The third-order valence-electron chi connectivity index (χ3n) is 4.42. The normalized spacial score (nSPS) is 13.2. The van der Waals surface area contributed by atoms with E-state index in [4.69, 9.17) is 9.47 Å². The summed E-state index contributed by atoms with van der Waals surface area (Å²) in [7, 11) is 0. The molecule has 0 aliphatic carbocycles. The van der Waals surface area contributed by atoms with Crippen LogP contribution in [0.3, 0.4) is 0 Å². The fourth-order valence-electron chi connectivity index (χ4n) is 2.97. The minimum absolute atomic E-state index is 0.0424. The van der Waals surface area contributed by atoms with E-state index >= 15 is 0 Å². The van der Waals surface area contributed by atoms with Crippen LogP contribution in [-0.4, -0.2) is 22.7 Å². The predicted molar refractivity (Wildman–Crippen MR) is 108 cm³/mol. The van der Waals surface area contributed by atoms with E-state index in [1.54, 1.807) is 12.3 Å². The molecule has 0 amide bonds. The third-order valence-corrected chi connectivity index (χ3v) is 4.92. The molecule has 0 spiro atoms. The molecule has 0 saturated heterocycles. The Morgan fingerprint density at radius 1 is 1.22 bits per heavy atom. The van der Waals surface area contributed by atoms with Gasteiger partial charge in [-0.3, -0.25) is 4.79 Å². The fourth-order valence-corrected chi connectivity index (χ4v) is 3.33. The maximum absolute atomic E-state index is 13.0. The highest BCUT2D eigenvalue weighted by Crippen LogP contribution is 2.34. The monoisotopic (exact) mass is 427 g/mol. The molecular formula is C20H18BrN3O3. The van der Waals surface area contributed by atoms with Gasteiger partial charge in [0.1, 0.15) is 5.82 Å². The van der Waals surface area contributed by atoms with Crippen molar-refractivity contribution in [2.45, 2.75) is 26.7 Å². The number of nitrogens with zero attached hydrogens (tertiary/aromatic N) is 3. The van der Waals surface area contributed by atoms with Gasteiger partial charge in [-0.1, -0.05) is 29.8 Å².